The maximum absolute atomic E-state index is 5.75. The Morgan fingerprint density at radius 3 is 2.93 bits per heavy atom. The normalized spacial score (nSPS) is 21.9. The zero-order valence-corrected chi connectivity index (χ0v) is 9.60. The number of nitrogens with zero attached hydrogens (tertiary/aromatic N) is 2. The second kappa shape index (κ2) is 3.77. The van der Waals surface area contributed by atoms with Crippen LogP contribution >= 0.6 is 11.5 Å². The van der Waals surface area contributed by atoms with Gasteiger partial charge in [0.05, 0.1) is 0 Å². The summed E-state index contributed by atoms with van der Waals surface area (Å²) >= 11 is 1.54. The van der Waals surface area contributed by atoms with Crippen LogP contribution in [0.3, 0.4) is 0 Å². The van der Waals surface area contributed by atoms with Crippen LogP contribution in [0.15, 0.2) is 0 Å². The molecule has 1 aliphatic heterocycles. The van der Waals surface area contributed by atoms with Crippen molar-refractivity contribution in [3.63, 3.8) is 0 Å². The van der Waals surface area contributed by atoms with Gasteiger partial charge in [-0.1, -0.05) is 13.3 Å². The molecule has 1 aromatic rings. The zero-order chi connectivity index (χ0) is 10.1. The fourth-order valence-corrected chi connectivity index (χ4v) is 2.83. The first-order valence-corrected chi connectivity index (χ1v) is 5.96. The molecule has 0 radical (unpaired) electrons. The summed E-state index contributed by atoms with van der Waals surface area (Å²) in [6.45, 7) is 6.68. The van der Waals surface area contributed by atoms with Crippen molar-refractivity contribution in [3.8, 4) is 0 Å². The van der Waals surface area contributed by atoms with E-state index in [1.165, 1.54) is 42.5 Å². The molecule has 3 nitrogen and oxygen atoms in total. The Labute approximate surface area is 89.1 Å². The summed E-state index contributed by atoms with van der Waals surface area (Å²) in [5.74, 6) is 1.56. The molecule has 0 amide bonds. The Bertz CT molecular complexity index is 321. The Hall–Kier alpha value is -0.770. The number of anilines is 2. The molecule has 1 unspecified atom stereocenters. The number of aromatic nitrogens is 1. The average molecular weight is 211 g/mol. The standard InChI is InChI=1S/C10H17N3S/c1-3-8-4-5-13(6-8)10-7(2)9(11)12-14-10/h8H,3-6H2,1-2H3,(H2,11,12). The van der Waals surface area contributed by atoms with E-state index >= 15 is 0 Å². The van der Waals surface area contributed by atoms with Gasteiger partial charge in [-0.15, -0.1) is 0 Å². The Morgan fingerprint density at radius 2 is 2.43 bits per heavy atom. The van der Waals surface area contributed by atoms with Crippen molar-refractivity contribution in [1.29, 1.82) is 0 Å². The minimum Gasteiger partial charge on any atom is -0.383 e. The van der Waals surface area contributed by atoms with E-state index in [2.05, 4.69) is 23.1 Å². The van der Waals surface area contributed by atoms with Crippen molar-refractivity contribution in [2.75, 3.05) is 23.7 Å². The number of hydrogen-bond acceptors (Lipinski definition) is 4. The van der Waals surface area contributed by atoms with E-state index in [0.717, 1.165) is 11.5 Å². The summed E-state index contributed by atoms with van der Waals surface area (Å²) < 4.78 is 4.19. The van der Waals surface area contributed by atoms with Crippen LogP contribution in [0.25, 0.3) is 0 Å². The first-order chi connectivity index (χ1) is 6.72. The van der Waals surface area contributed by atoms with E-state index in [-0.39, 0.29) is 0 Å². The van der Waals surface area contributed by atoms with Gasteiger partial charge in [0.25, 0.3) is 0 Å². The third kappa shape index (κ3) is 1.59. The molecule has 78 valence electrons. The van der Waals surface area contributed by atoms with E-state index in [9.17, 15) is 0 Å². The van der Waals surface area contributed by atoms with Gasteiger partial charge in [-0.3, -0.25) is 0 Å². The highest BCUT2D eigenvalue weighted by Crippen LogP contribution is 2.33. The molecule has 1 atom stereocenters. The largest absolute Gasteiger partial charge is 0.383 e. The fourth-order valence-electron chi connectivity index (χ4n) is 1.98. The van der Waals surface area contributed by atoms with Crippen molar-refractivity contribution >= 4 is 22.4 Å². The third-order valence-corrected chi connectivity index (χ3v) is 4.11. The lowest BCUT2D eigenvalue weighted by atomic mass is 10.1. The summed E-state index contributed by atoms with van der Waals surface area (Å²) in [6.07, 6.45) is 2.59. The molecule has 1 saturated heterocycles. The molecule has 0 aromatic carbocycles. The van der Waals surface area contributed by atoms with Crippen molar-refractivity contribution in [2.45, 2.75) is 26.7 Å². The molecule has 2 rings (SSSR count). The molecular formula is C10H17N3S. The van der Waals surface area contributed by atoms with Gasteiger partial charge >= 0.3 is 0 Å². The van der Waals surface area contributed by atoms with E-state index in [0.29, 0.717) is 5.82 Å². The molecule has 14 heavy (non-hydrogen) atoms. The first-order valence-electron chi connectivity index (χ1n) is 5.19. The van der Waals surface area contributed by atoms with Crippen LogP contribution < -0.4 is 10.6 Å². The molecule has 2 heterocycles. The highest BCUT2D eigenvalue weighted by molar-refractivity contribution is 7.10. The monoisotopic (exact) mass is 211 g/mol. The first kappa shape index (κ1) is 9.77. The van der Waals surface area contributed by atoms with Gasteiger partial charge in [0.15, 0.2) is 0 Å². The maximum atomic E-state index is 5.75. The van der Waals surface area contributed by atoms with E-state index in [4.69, 9.17) is 5.73 Å². The molecule has 4 heteroatoms. The SMILES string of the molecule is CCC1CCN(c2snc(N)c2C)C1. The summed E-state index contributed by atoms with van der Waals surface area (Å²) in [4.78, 5) is 2.43. The van der Waals surface area contributed by atoms with E-state index in [1.807, 2.05) is 0 Å². The maximum Gasteiger partial charge on any atom is 0.142 e. The number of nitrogen functional groups attached to an aromatic ring is 1. The quantitative estimate of drug-likeness (QED) is 0.816. The van der Waals surface area contributed by atoms with Gasteiger partial charge in [0.1, 0.15) is 10.8 Å². The predicted octanol–water partition coefficient (Wildman–Crippen LogP) is 2.27. The van der Waals surface area contributed by atoms with Crippen molar-refractivity contribution < 1.29 is 0 Å². The number of rotatable bonds is 2. The molecule has 1 aromatic heterocycles. The van der Waals surface area contributed by atoms with E-state index < -0.39 is 0 Å². The molecule has 1 fully saturated rings. The smallest absolute Gasteiger partial charge is 0.142 e. The second-order valence-corrected chi connectivity index (χ2v) is 4.76. The van der Waals surface area contributed by atoms with Crippen molar-refractivity contribution in [3.05, 3.63) is 5.56 Å². The predicted molar refractivity (Wildman–Crippen MR) is 61.9 cm³/mol. The van der Waals surface area contributed by atoms with Gasteiger partial charge in [0, 0.05) is 18.7 Å². The summed E-state index contributed by atoms with van der Waals surface area (Å²) in [7, 11) is 0. The fraction of sp³-hybridized carbons (Fsp3) is 0.700. The van der Waals surface area contributed by atoms with Crippen molar-refractivity contribution in [1.82, 2.24) is 4.37 Å². The Morgan fingerprint density at radius 1 is 1.64 bits per heavy atom. The van der Waals surface area contributed by atoms with Gasteiger partial charge in [0.2, 0.25) is 0 Å². The Kier molecular flexibility index (Phi) is 2.63. The van der Waals surface area contributed by atoms with Gasteiger partial charge < -0.3 is 10.6 Å². The molecule has 1 aliphatic rings. The van der Waals surface area contributed by atoms with Crippen LogP contribution in [0.2, 0.25) is 0 Å². The molecular weight excluding hydrogens is 194 g/mol. The Balaban J connectivity index is 2.13. The lowest BCUT2D eigenvalue weighted by Gasteiger charge is -2.16. The van der Waals surface area contributed by atoms with Crippen LogP contribution in [-0.2, 0) is 0 Å². The summed E-state index contributed by atoms with van der Waals surface area (Å²) in [5, 5.41) is 1.28. The molecule has 0 bridgehead atoms. The highest BCUT2D eigenvalue weighted by atomic mass is 32.1. The van der Waals surface area contributed by atoms with E-state index in [1.54, 1.807) is 0 Å². The topological polar surface area (TPSA) is 42.2 Å². The van der Waals surface area contributed by atoms with Gasteiger partial charge in [-0.05, 0) is 30.8 Å². The van der Waals surface area contributed by atoms with Crippen LogP contribution in [0.4, 0.5) is 10.8 Å². The average Bonchev–Trinajstić information content (AvgIpc) is 2.75. The van der Waals surface area contributed by atoms with Crippen LogP contribution in [0.1, 0.15) is 25.3 Å². The third-order valence-electron chi connectivity index (χ3n) is 3.09. The van der Waals surface area contributed by atoms with Crippen LogP contribution in [0, 0.1) is 12.8 Å². The minimum atomic E-state index is 0.699. The summed E-state index contributed by atoms with van der Waals surface area (Å²) in [6, 6.07) is 0. The molecule has 2 N–H and O–H groups in total. The number of nitrogens with two attached hydrogens (primary N) is 1. The molecule has 0 saturated carbocycles. The lowest BCUT2D eigenvalue weighted by molar-refractivity contribution is 0.569. The van der Waals surface area contributed by atoms with Crippen LogP contribution in [0.5, 0.6) is 0 Å². The summed E-state index contributed by atoms with van der Waals surface area (Å²) in [5.41, 5.74) is 6.91. The zero-order valence-electron chi connectivity index (χ0n) is 8.79. The van der Waals surface area contributed by atoms with Gasteiger partial charge in [-0.25, -0.2) is 0 Å². The van der Waals surface area contributed by atoms with Crippen molar-refractivity contribution in [2.24, 2.45) is 5.92 Å². The lowest BCUT2D eigenvalue weighted by Crippen LogP contribution is -2.19. The number of hydrogen-bond donors (Lipinski definition) is 1. The van der Waals surface area contributed by atoms with Gasteiger partial charge in [-0.2, -0.15) is 4.37 Å². The molecule has 0 aliphatic carbocycles. The highest BCUT2D eigenvalue weighted by Gasteiger charge is 2.24. The minimum absolute atomic E-state index is 0.699. The van der Waals surface area contributed by atoms with Crippen LogP contribution in [-0.4, -0.2) is 17.5 Å². The molecule has 0 spiro atoms. The second-order valence-electron chi connectivity index (χ2n) is 4.01.